The Morgan fingerprint density at radius 3 is 1.49 bits per heavy atom. The fraction of sp³-hybridized carbons (Fsp3) is 0. The zero-order chi connectivity index (χ0) is 36.6. The number of nitrogens with zero attached hydrogens (tertiary/aromatic N) is 3. The van der Waals surface area contributed by atoms with Crippen LogP contribution >= 0.6 is 11.3 Å². The van der Waals surface area contributed by atoms with Crippen LogP contribution in [0.1, 0.15) is 0 Å². The van der Waals surface area contributed by atoms with Gasteiger partial charge in [0.25, 0.3) is 0 Å². The van der Waals surface area contributed by atoms with Crippen LogP contribution in [0, 0.1) is 0 Å². The van der Waals surface area contributed by atoms with E-state index in [1.165, 1.54) is 25.7 Å². The van der Waals surface area contributed by atoms with Gasteiger partial charge in [-0.25, -0.2) is 9.97 Å². The fourth-order valence-corrected chi connectivity index (χ4v) is 8.67. The molecule has 0 aliphatic carbocycles. The van der Waals surface area contributed by atoms with Crippen LogP contribution in [0.4, 0.5) is 0 Å². The van der Waals surface area contributed by atoms with Gasteiger partial charge in [-0.1, -0.05) is 133 Å². The van der Waals surface area contributed by atoms with Gasteiger partial charge in [0, 0.05) is 54.8 Å². The molecule has 0 unspecified atom stereocenters. The summed E-state index contributed by atoms with van der Waals surface area (Å²) in [5.41, 5.74) is 13.8. The Hall–Kier alpha value is -7.01. The van der Waals surface area contributed by atoms with Crippen molar-refractivity contribution in [2.75, 3.05) is 0 Å². The van der Waals surface area contributed by atoms with Crippen molar-refractivity contribution in [2.24, 2.45) is 0 Å². The minimum atomic E-state index is 0.680. The summed E-state index contributed by atoms with van der Waals surface area (Å²) >= 11 is 1.85. The molecular formula is C51H33N3S. The maximum absolute atomic E-state index is 5.31. The lowest BCUT2D eigenvalue weighted by molar-refractivity contribution is 1.18. The van der Waals surface area contributed by atoms with Crippen molar-refractivity contribution in [2.45, 2.75) is 0 Å². The molecule has 0 spiro atoms. The molecule has 3 aromatic heterocycles. The minimum Gasteiger partial charge on any atom is -0.264 e. The number of fused-ring (bicyclic) bond motifs is 3. The standard InChI is InChI=1S/C51H33N3S/c1-4-14-34(15-5-1)38-26-40(37-20-13-25-52-33-37)30-42(28-38)47-32-48(54-51(53-47)36-18-8-3-9-19-36)43-29-39(35-16-6-2-7-17-35)27-41(31-43)44-22-12-23-46-45-21-10-11-24-49(45)55-50(44)46/h1-33H. The second-order valence-electron chi connectivity index (χ2n) is 13.7. The van der Waals surface area contributed by atoms with Crippen LogP contribution in [0.2, 0.25) is 0 Å². The Morgan fingerprint density at radius 2 is 0.855 bits per heavy atom. The van der Waals surface area contributed by atoms with Crippen LogP contribution in [-0.4, -0.2) is 15.0 Å². The molecule has 7 aromatic carbocycles. The summed E-state index contributed by atoms with van der Waals surface area (Å²) in [6, 6.07) is 66.6. The molecule has 0 radical (unpaired) electrons. The summed E-state index contributed by atoms with van der Waals surface area (Å²) in [5.74, 6) is 0.680. The highest BCUT2D eigenvalue weighted by Crippen LogP contribution is 2.42. The van der Waals surface area contributed by atoms with Gasteiger partial charge in [0.05, 0.1) is 11.4 Å². The van der Waals surface area contributed by atoms with E-state index in [0.717, 1.165) is 67.0 Å². The molecule has 3 heterocycles. The quantitative estimate of drug-likeness (QED) is 0.165. The first-order valence-corrected chi connectivity index (χ1v) is 19.2. The minimum absolute atomic E-state index is 0.680. The highest BCUT2D eigenvalue weighted by molar-refractivity contribution is 7.26. The fourth-order valence-electron chi connectivity index (χ4n) is 7.44. The first-order chi connectivity index (χ1) is 27.2. The smallest absolute Gasteiger partial charge is 0.160 e. The second kappa shape index (κ2) is 14.1. The highest BCUT2D eigenvalue weighted by atomic mass is 32.1. The Bertz CT molecular complexity index is 2900. The van der Waals surface area contributed by atoms with Crippen molar-refractivity contribution in [3.63, 3.8) is 0 Å². The van der Waals surface area contributed by atoms with Gasteiger partial charge in [0.1, 0.15) is 0 Å². The van der Waals surface area contributed by atoms with Gasteiger partial charge in [-0.2, -0.15) is 0 Å². The topological polar surface area (TPSA) is 38.7 Å². The van der Waals surface area contributed by atoms with Gasteiger partial charge < -0.3 is 0 Å². The van der Waals surface area contributed by atoms with Crippen LogP contribution in [0.3, 0.4) is 0 Å². The van der Waals surface area contributed by atoms with Crippen LogP contribution in [0.25, 0.3) is 98.6 Å². The molecule has 55 heavy (non-hydrogen) atoms. The Kier molecular flexibility index (Phi) is 8.36. The first kappa shape index (κ1) is 32.6. The molecule has 258 valence electrons. The van der Waals surface area contributed by atoms with Crippen molar-refractivity contribution < 1.29 is 0 Å². The van der Waals surface area contributed by atoms with Gasteiger partial charge in [-0.05, 0) is 93.5 Å². The maximum Gasteiger partial charge on any atom is 0.160 e. The number of hydrogen-bond donors (Lipinski definition) is 0. The molecule has 0 amide bonds. The lowest BCUT2D eigenvalue weighted by Gasteiger charge is -2.15. The SMILES string of the molecule is c1ccc(-c2cc(-c3cccnc3)cc(-c3cc(-c4cc(-c5ccccc5)cc(-c5cccc6c5sc5ccccc56)c4)nc(-c4ccccc4)n3)c2)cc1. The molecule has 0 N–H and O–H groups in total. The van der Waals surface area contributed by atoms with Gasteiger partial charge in [-0.3, -0.25) is 4.98 Å². The largest absolute Gasteiger partial charge is 0.264 e. The third-order valence-corrected chi connectivity index (χ3v) is 11.4. The Morgan fingerprint density at radius 1 is 0.345 bits per heavy atom. The lowest BCUT2D eigenvalue weighted by atomic mass is 9.93. The third kappa shape index (κ3) is 6.39. The molecule has 10 rings (SSSR count). The molecule has 0 bridgehead atoms. The van der Waals surface area contributed by atoms with Crippen molar-refractivity contribution >= 4 is 31.5 Å². The number of pyridine rings is 1. The molecule has 0 aliphatic heterocycles. The zero-order valence-electron chi connectivity index (χ0n) is 29.8. The molecule has 0 atom stereocenters. The van der Waals surface area contributed by atoms with Crippen LogP contribution in [0.5, 0.6) is 0 Å². The molecule has 0 saturated carbocycles. The van der Waals surface area contributed by atoms with Crippen LogP contribution in [-0.2, 0) is 0 Å². The summed E-state index contributed by atoms with van der Waals surface area (Å²) < 4.78 is 2.58. The second-order valence-corrected chi connectivity index (χ2v) is 14.7. The Balaban J connectivity index is 1.21. The van der Waals surface area contributed by atoms with E-state index in [9.17, 15) is 0 Å². The van der Waals surface area contributed by atoms with Crippen LogP contribution in [0.15, 0.2) is 200 Å². The highest BCUT2D eigenvalue weighted by Gasteiger charge is 2.17. The number of hydrogen-bond acceptors (Lipinski definition) is 4. The predicted molar refractivity (Wildman–Crippen MR) is 231 cm³/mol. The van der Waals surface area contributed by atoms with Gasteiger partial charge in [0.2, 0.25) is 0 Å². The number of benzene rings is 7. The number of aromatic nitrogens is 3. The normalized spacial score (nSPS) is 11.3. The van der Waals surface area contributed by atoms with Gasteiger partial charge in [-0.15, -0.1) is 11.3 Å². The summed E-state index contributed by atoms with van der Waals surface area (Å²) in [4.78, 5) is 15.0. The summed E-state index contributed by atoms with van der Waals surface area (Å²) in [7, 11) is 0. The molecule has 0 fully saturated rings. The third-order valence-electron chi connectivity index (χ3n) is 10.1. The lowest BCUT2D eigenvalue weighted by Crippen LogP contribution is -1.97. The van der Waals surface area contributed by atoms with Crippen molar-refractivity contribution in [1.29, 1.82) is 0 Å². The van der Waals surface area contributed by atoms with Gasteiger partial charge >= 0.3 is 0 Å². The van der Waals surface area contributed by atoms with Crippen LogP contribution < -0.4 is 0 Å². The number of thiophene rings is 1. The maximum atomic E-state index is 5.31. The monoisotopic (exact) mass is 719 g/mol. The van der Waals surface area contributed by atoms with Crippen molar-refractivity contribution in [3.05, 3.63) is 200 Å². The predicted octanol–water partition coefficient (Wildman–Crippen LogP) is 13.9. The van der Waals surface area contributed by atoms with E-state index in [2.05, 4.69) is 169 Å². The van der Waals surface area contributed by atoms with E-state index in [-0.39, 0.29) is 0 Å². The molecule has 4 heteroatoms. The molecule has 10 aromatic rings. The average molecular weight is 720 g/mol. The zero-order valence-corrected chi connectivity index (χ0v) is 30.6. The van der Waals surface area contributed by atoms with E-state index >= 15 is 0 Å². The first-order valence-electron chi connectivity index (χ1n) is 18.4. The van der Waals surface area contributed by atoms with Gasteiger partial charge in [0.15, 0.2) is 5.82 Å². The van der Waals surface area contributed by atoms with E-state index in [1.807, 2.05) is 48.0 Å². The van der Waals surface area contributed by atoms with Crippen molar-refractivity contribution in [3.8, 4) is 78.4 Å². The molecule has 0 aliphatic rings. The molecule has 3 nitrogen and oxygen atoms in total. The molecule has 0 saturated heterocycles. The Labute approximate surface area is 323 Å². The van der Waals surface area contributed by atoms with E-state index in [0.29, 0.717) is 5.82 Å². The summed E-state index contributed by atoms with van der Waals surface area (Å²) in [5, 5.41) is 2.57. The average Bonchev–Trinajstić information content (AvgIpc) is 3.66. The number of rotatable bonds is 7. The van der Waals surface area contributed by atoms with Crippen molar-refractivity contribution in [1.82, 2.24) is 15.0 Å². The van der Waals surface area contributed by atoms with E-state index in [4.69, 9.17) is 9.97 Å². The van der Waals surface area contributed by atoms with E-state index < -0.39 is 0 Å². The van der Waals surface area contributed by atoms with E-state index in [1.54, 1.807) is 0 Å². The summed E-state index contributed by atoms with van der Waals surface area (Å²) in [6.45, 7) is 0. The summed E-state index contributed by atoms with van der Waals surface area (Å²) in [6.07, 6.45) is 3.73. The molecular weight excluding hydrogens is 687 g/mol.